The number of para-hydroxylation sites is 2. The van der Waals surface area contributed by atoms with Crippen LogP contribution in [0.5, 0.6) is 5.75 Å². The molecule has 0 saturated carbocycles. The molecule has 0 unspecified atom stereocenters. The van der Waals surface area contributed by atoms with Crippen molar-refractivity contribution in [3.63, 3.8) is 0 Å². The average molecular weight is 431 g/mol. The summed E-state index contributed by atoms with van der Waals surface area (Å²) in [7, 11) is 0. The van der Waals surface area contributed by atoms with E-state index in [2.05, 4.69) is 51.7 Å². The van der Waals surface area contributed by atoms with Gasteiger partial charge in [0.2, 0.25) is 0 Å². The van der Waals surface area contributed by atoms with E-state index in [1.54, 1.807) is 6.21 Å². The summed E-state index contributed by atoms with van der Waals surface area (Å²) in [5.74, 6) is 0.812. The van der Waals surface area contributed by atoms with Crippen LogP contribution in [0.1, 0.15) is 16.7 Å². The standard InChI is InChI=1S/C24H22N4O2S/c1-17-6-8-19(9-7-17)15-30-20-12-10-18(11-13-20)14-25-28-23(29)16-31-24-26-21-4-2-3-5-22(21)27-24/h2-14H,15-16H2,1H3,(H,26,27)(H,28,29)/b25-14+. The average Bonchev–Trinajstić information content (AvgIpc) is 3.21. The maximum absolute atomic E-state index is 12.0. The summed E-state index contributed by atoms with van der Waals surface area (Å²) in [4.78, 5) is 19.6. The predicted octanol–water partition coefficient (Wildman–Crippen LogP) is 4.69. The highest BCUT2D eigenvalue weighted by molar-refractivity contribution is 7.99. The summed E-state index contributed by atoms with van der Waals surface area (Å²) in [6.07, 6.45) is 1.60. The van der Waals surface area contributed by atoms with Crippen LogP contribution in [0.2, 0.25) is 0 Å². The first-order valence-electron chi connectivity index (χ1n) is 9.83. The van der Waals surface area contributed by atoms with E-state index in [4.69, 9.17) is 4.74 Å². The molecule has 1 heterocycles. The summed E-state index contributed by atoms with van der Waals surface area (Å²) in [5, 5.41) is 4.73. The van der Waals surface area contributed by atoms with Crippen molar-refractivity contribution in [2.24, 2.45) is 5.10 Å². The van der Waals surface area contributed by atoms with Gasteiger partial charge in [-0.25, -0.2) is 10.4 Å². The zero-order chi connectivity index (χ0) is 21.5. The number of hydrazone groups is 1. The van der Waals surface area contributed by atoms with Gasteiger partial charge in [-0.15, -0.1) is 0 Å². The van der Waals surface area contributed by atoms with Crippen LogP contribution in [-0.4, -0.2) is 27.8 Å². The first-order valence-corrected chi connectivity index (χ1v) is 10.8. The quantitative estimate of drug-likeness (QED) is 0.241. The van der Waals surface area contributed by atoms with Crippen molar-refractivity contribution < 1.29 is 9.53 Å². The Morgan fingerprint density at radius 1 is 1.10 bits per heavy atom. The van der Waals surface area contributed by atoms with Crippen molar-refractivity contribution in [1.29, 1.82) is 0 Å². The van der Waals surface area contributed by atoms with E-state index in [0.717, 1.165) is 27.9 Å². The van der Waals surface area contributed by atoms with E-state index in [1.807, 2.05) is 48.5 Å². The van der Waals surface area contributed by atoms with Crippen molar-refractivity contribution in [2.45, 2.75) is 18.7 Å². The smallest absolute Gasteiger partial charge is 0.250 e. The van der Waals surface area contributed by atoms with Crippen LogP contribution in [0.4, 0.5) is 0 Å². The number of thioether (sulfide) groups is 1. The minimum absolute atomic E-state index is 0.195. The monoisotopic (exact) mass is 430 g/mol. The van der Waals surface area contributed by atoms with E-state index in [1.165, 1.54) is 17.3 Å². The Hall–Kier alpha value is -3.58. The number of ether oxygens (including phenoxy) is 1. The molecule has 0 spiro atoms. The number of imidazole rings is 1. The van der Waals surface area contributed by atoms with E-state index in [-0.39, 0.29) is 11.7 Å². The molecule has 31 heavy (non-hydrogen) atoms. The van der Waals surface area contributed by atoms with E-state index in [0.29, 0.717) is 11.8 Å². The van der Waals surface area contributed by atoms with Crippen LogP contribution in [0.25, 0.3) is 11.0 Å². The van der Waals surface area contributed by atoms with Gasteiger partial charge in [0.25, 0.3) is 5.91 Å². The number of hydrogen-bond acceptors (Lipinski definition) is 5. The molecule has 7 heteroatoms. The van der Waals surface area contributed by atoms with Crippen LogP contribution >= 0.6 is 11.8 Å². The molecule has 0 saturated heterocycles. The second kappa shape index (κ2) is 9.95. The van der Waals surface area contributed by atoms with Crippen molar-refractivity contribution in [1.82, 2.24) is 15.4 Å². The van der Waals surface area contributed by atoms with Crippen molar-refractivity contribution in [2.75, 3.05) is 5.75 Å². The molecule has 0 radical (unpaired) electrons. The van der Waals surface area contributed by atoms with Gasteiger partial charge in [-0.1, -0.05) is 53.7 Å². The molecule has 0 aliphatic heterocycles. The van der Waals surface area contributed by atoms with Gasteiger partial charge in [0.1, 0.15) is 12.4 Å². The van der Waals surface area contributed by atoms with Crippen LogP contribution in [0, 0.1) is 6.92 Å². The number of hydrogen-bond donors (Lipinski definition) is 2. The third kappa shape index (κ3) is 5.96. The Morgan fingerprint density at radius 2 is 1.87 bits per heavy atom. The van der Waals surface area contributed by atoms with Gasteiger partial charge >= 0.3 is 0 Å². The molecular weight excluding hydrogens is 408 g/mol. The van der Waals surface area contributed by atoms with Crippen LogP contribution in [0.3, 0.4) is 0 Å². The SMILES string of the molecule is Cc1ccc(COc2ccc(/C=N/NC(=O)CSc3nc4ccccc4[nH]3)cc2)cc1. The molecule has 4 rings (SSSR count). The zero-order valence-corrected chi connectivity index (χ0v) is 17.9. The number of aryl methyl sites for hydroxylation is 1. The third-order valence-corrected chi connectivity index (χ3v) is 5.39. The minimum Gasteiger partial charge on any atom is -0.489 e. The molecule has 0 aliphatic carbocycles. The number of rotatable bonds is 8. The van der Waals surface area contributed by atoms with Crippen molar-refractivity contribution >= 4 is 34.9 Å². The lowest BCUT2D eigenvalue weighted by atomic mass is 10.2. The normalized spacial score (nSPS) is 11.1. The summed E-state index contributed by atoms with van der Waals surface area (Å²) in [5.41, 5.74) is 7.60. The summed E-state index contributed by atoms with van der Waals surface area (Å²) in [6, 6.07) is 23.6. The van der Waals surface area contributed by atoms with Gasteiger partial charge in [-0.3, -0.25) is 4.79 Å². The molecule has 4 aromatic rings. The lowest BCUT2D eigenvalue weighted by Gasteiger charge is -2.06. The Kier molecular flexibility index (Phi) is 6.64. The van der Waals surface area contributed by atoms with Gasteiger partial charge in [0.15, 0.2) is 5.16 Å². The predicted molar refractivity (Wildman–Crippen MR) is 125 cm³/mol. The summed E-state index contributed by atoms with van der Waals surface area (Å²) >= 11 is 1.34. The Bertz CT molecular complexity index is 1150. The molecule has 2 N–H and O–H groups in total. The number of aromatic nitrogens is 2. The van der Waals surface area contributed by atoms with Gasteiger partial charge in [0.05, 0.1) is 23.0 Å². The van der Waals surface area contributed by atoms with Gasteiger partial charge in [-0.05, 0) is 54.4 Å². The molecule has 0 bridgehead atoms. The van der Waals surface area contributed by atoms with Crippen molar-refractivity contribution in [3.05, 3.63) is 89.5 Å². The number of H-pyrrole nitrogens is 1. The Morgan fingerprint density at radius 3 is 2.65 bits per heavy atom. The van der Waals surface area contributed by atoms with Crippen molar-refractivity contribution in [3.8, 4) is 5.75 Å². The number of benzene rings is 3. The van der Waals surface area contributed by atoms with Crippen LogP contribution in [0.15, 0.2) is 83.1 Å². The highest BCUT2D eigenvalue weighted by Crippen LogP contribution is 2.19. The lowest BCUT2D eigenvalue weighted by molar-refractivity contribution is -0.118. The largest absolute Gasteiger partial charge is 0.489 e. The fourth-order valence-corrected chi connectivity index (χ4v) is 3.52. The van der Waals surface area contributed by atoms with Gasteiger partial charge in [0, 0.05) is 0 Å². The number of aromatic amines is 1. The topological polar surface area (TPSA) is 79.4 Å². The fraction of sp³-hybridized carbons (Fsp3) is 0.125. The number of nitrogens with one attached hydrogen (secondary N) is 2. The molecule has 6 nitrogen and oxygen atoms in total. The number of amides is 1. The van der Waals surface area contributed by atoms with E-state index < -0.39 is 0 Å². The van der Waals surface area contributed by atoms with E-state index >= 15 is 0 Å². The summed E-state index contributed by atoms with van der Waals surface area (Å²) in [6.45, 7) is 2.58. The minimum atomic E-state index is -0.195. The second-order valence-corrected chi connectivity index (χ2v) is 7.95. The first-order chi connectivity index (χ1) is 15.2. The van der Waals surface area contributed by atoms with E-state index in [9.17, 15) is 4.79 Å². The fourth-order valence-electron chi connectivity index (χ4n) is 2.84. The maximum Gasteiger partial charge on any atom is 0.250 e. The number of fused-ring (bicyclic) bond motifs is 1. The number of carbonyl (C=O) groups excluding carboxylic acids is 1. The second-order valence-electron chi connectivity index (χ2n) is 6.98. The number of carbonyl (C=O) groups is 1. The Balaban J connectivity index is 1.21. The van der Waals surface area contributed by atoms with Gasteiger partial charge in [-0.2, -0.15) is 5.10 Å². The summed E-state index contributed by atoms with van der Waals surface area (Å²) < 4.78 is 5.80. The molecule has 0 fully saturated rings. The molecule has 0 aliphatic rings. The molecule has 156 valence electrons. The lowest BCUT2D eigenvalue weighted by Crippen LogP contribution is -2.19. The first kappa shape index (κ1) is 20.7. The molecule has 0 atom stereocenters. The highest BCUT2D eigenvalue weighted by Gasteiger charge is 2.06. The maximum atomic E-state index is 12.0. The highest BCUT2D eigenvalue weighted by atomic mass is 32.2. The molecular formula is C24H22N4O2S. The Labute approximate surface area is 184 Å². The van der Waals surface area contributed by atoms with Crippen LogP contribution in [-0.2, 0) is 11.4 Å². The van der Waals surface area contributed by atoms with Crippen LogP contribution < -0.4 is 10.2 Å². The molecule has 1 aromatic heterocycles. The molecule has 1 amide bonds. The van der Waals surface area contributed by atoms with Gasteiger partial charge < -0.3 is 9.72 Å². The zero-order valence-electron chi connectivity index (χ0n) is 17.0. The third-order valence-electron chi connectivity index (χ3n) is 4.52. The number of nitrogens with zero attached hydrogens (tertiary/aromatic N) is 2. The molecule has 3 aromatic carbocycles.